The van der Waals surface area contributed by atoms with Crippen molar-refractivity contribution in [1.82, 2.24) is 9.97 Å². The van der Waals surface area contributed by atoms with E-state index in [1.807, 2.05) is 30.3 Å². The molecule has 0 saturated carbocycles. The maximum absolute atomic E-state index is 12.7. The van der Waals surface area contributed by atoms with Gasteiger partial charge in [0.25, 0.3) is 0 Å². The van der Waals surface area contributed by atoms with Crippen molar-refractivity contribution in [2.24, 2.45) is 5.11 Å². The molecule has 0 atom stereocenters. The van der Waals surface area contributed by atoms with Gasteiger partial charge in [0.2, 0.25) is 5.82 Å². The van der Waals surface area contributed by atoms with Crippen LogP contribution in [0.2, 0.25) is 0 Å². The fourth-order valence-corrected chi connectivity index (χ4v) is 2.98. The molecule has 0 aliphatic rings. The number of benzene rings is 2. The van der Waals surface area contributed by atoms with Crippen molar-refractivity contribution in [3.63, 3.8) is 0 Å². The standard InChI is InChI=1S/C20H16F3N5OS/c21-20(22,23)19-25-11-10-18(27-19)30-13-15(28-24)12-26-14-6-8-17(9-7-14)29-16-4-2-1-3-5-16/h1-12,24,26H,13H2/b15-12-,28-24?. The van der Waals surface area contributed by atoms with Gasteiger partial charge in [-0.1, -0.05) is 30.0 Å². The fourth-order valence-electron chi connectivity index (χ4n) is 2.22. The Bertz CT molecular complexity index is 1010. The van der Waals surface area contributed by atoms with E-state index in [4.69, 9.17) is 10.3 Å². The normalized spacial score (nSPS) is 11.8. The molecule has 0 amide bonds. The summed E-state index contributed by atoms with van der Waals surface area (Å²) in [6.07, 6.45) is -2.04. The highest BCUT2D eigenvalue weighted by Gasteiger charge is 2.34. The van der Waals surface area contributed by atoms with E-state index in [-0.39, 0.29) is 10.8 Å². The van der Waals surface area contributed by atoms with E-state index in [9.17, 15) is 13.2 Å². The van der Waals surface area contributed by atoms with Gasteiger partial charge in [0.15, 0.2) is 0 Å². The van der Waals surface area contributed by atoms with E-state index in [1.54, 1.807) is 24.3 Å². The Balaban J connectivity index is 1.57. The van der Waals surface area contributed by atoms with Crippen LogP contribution >= 0.6 is 11.8 Å². The summed E-state index contributed by atoms with van der Waals surface area (Å²) in [6, 6.07) is 17.9. The molecule has 0 aliphatic heterocycles. The minimum atomic E-state index is -4.60. The first-order chi connectivity index (χ1) is 14.4. The van der Waals surface area contributed by atoms with Crippen LogP contribution in [0.5, 0.6) is 11.5 Å². The fraction of sp³-hybridized carbons (Fsp3) is 0.100. The summed E-state index contributed by atoms with van der Waals surface area (Å²) >= 11 is 1.03. The van der Waals surface area contributed by atoms with Crippen LogP contribution in [-0.2, 0) is 6.18 Å². The third-order valence-electron chi connectivity index (χ3n) is 3.63. The van der Waals surface area contributed by atoms with Crippen LogP contribution in [0.15, 0.2) is 88.9 Å². The highest BCUT2D eigenvalue weighted by atomic mass is 32.2. The van der Waals surface area contributed by atoms with Crippen LogP contribution in [0, 0.1) is 5.53 Å². The lowest BCUT2D eigenvalue weighted by molar-refractivity contribution is -0.145. The Labute approximate surface area is 174 Å². The Morgan fingerprint density at radius 2 is 1.77 bits per heavy atom. The zero-order chi connectivity index (χ0) is 21.4. The predicted octanol–water partition coefficient (Wildman–Crippen LogP) is 6.36. The van der Waals surface area contributed by atoms with Crippen molar-refractivity contribution in [1.29, 1.82) is 5.53 Å². The minimum Gasteiger partial charge on any atom is -0.457 e. The molecular weight excluding hydrogens is 415 g/mol. The molecule has 3 aromatic rings. The molecule has 154 valence electrons. The minimum absolute atomic E-state index is 0.147. The van der Waals surface area contributed by atoms with E-state index in [2.05, 4.69) is 20.4 Å². The van der Waals surface area contributed by atoms with Crippen molar-refractivity contribution in [2.45, 2.75) is 11.2 Å². The molecule has 0 spiro atoms. The molecule has 0 saturated heterocycles. The Hall–Kier alpha value is -3.40. The van der Waals surface area contributed by atoms with Gasteiger partial charge in [-0.3, -0.25) is 0 Å². The summed E-state index contributed by atoms with van der Waals surface area (Å²) in [5.41, 5.74) is 8.33. The number of para-hydroxylation sites is 1. The lowest BCUT2D eigenvalue weighted by atomic mass is 10.3. The lowest BCUT2D eigenvalue weighted by Gasteiger charge is -2.08. The molecule has 2 N–H and O–H groups in total. The summed E-state index contributed by atoms with van der Waals surface area (Å²) in [4.78, 5) is 6.70. The van der Waals surface area contributed by atoms with Gasteiger partial charge in [0.05, 0.1) is 5.70 Å². The van der Waals surface area contributed by atoms with Crippen LogP contribution in [0.1, 0.15) is 5.82 Å². The van der Waals surface area contributed by atoms with E-state index >= 15 is 0 Å². The van der Waals surface area contributed by atoms with Crippen molar-refractivity contribution in [2.75, 3.05) is 11.1 Å². The van der Waals surface area contributed by atoms with Crippen LogP contribution < -0.4 is 10.1 Å². The van der Waals surface area contributed by atoms with Crippen LogP contribution in [0.25, 0.3) is 0 Å². The summed E-state index contributed by atoms with van der Waals surface area (Å²) in [5.74, 6) is 0.363. The van der Waals surface area contributed by atoms with Gasteiger partial charge in [-0.2, -0.15) is 18.3 Å². The Morgan fingerprint density at radius 1 is 1.07 bits per heavy atom. The second-order valence-corrected chi connectivity index (χ2v) is 6.83. The molecule has 0 bridgehead atoms. The number of thioether (sulfide) groups is 1. The monoisotopic (exact) mass is 431 g/mol. The van der Waals surface area contributed by atoms with Gasteiger partial charge in [-0.15, -0.1) is 0 Å². The summed E-state index contributed by atoms with van der Waals surface area (Å²) in [7, 11) is 0. The first-order valence-corrected chi connectivity index (χ1v) is 9.61. The van der Waals surface area contributed by atoms with Crippen LogP contribution in [0.3, 0.4) is 0 Å². The number of halogens is 3. The topological polar surface area (TPSA) is 83.2 Å². The number of aromatic nitrogens is 2. The van der Waals surface area contributed by atoms with Crippen molar-refractivity contribution in [3.8, 4) is 11.5 Å². The molecule has 10 heteroatoms. The highest BCUT2D eigenvalue weighted by Crippen LogP contribution is 2.28. The molecular formula is C20H16F3N5OS. The van der Waals surface area contributed by atoms with Crippen LogP contribution in [0.4, 0.5) is 18.9 Å². The van der Waals surface area contributed by atoms with E-state index < -0.39 is 12.0 Å². The smallest absolute Gasteiger partial charge is 0.451 e. The number of alkyl halides is 3. The number of nitrogens with one attached hydrogen (secondary N) is 2. The molecule has 1 heterocycles. The van der Waals surface area contributed by atoms with Crippen molar-refractivity contribution >= 4 is 17.4 Å². The zero-order valence-corrected chi connectivity index (χ0v) is 16.2. The van der Waals surface area contributed by atoms with E-state index in [1.165, 1.54) is 12.3 Å². The molecule has 1 aromatic heterocycles. The first-order valence-electron chi connectivity index (χ1n) is 8.63. The molecule has 2 aromatic carbocycles. The molecule has 0 aliphatic carbocycles. The second-order valence-electron chi connectivity index (χ2n) is 5.84. The number of ether oxygens (including phenoxy) is 1. The molecule has 3 rings (SSSR count). The molecule has 30 heavy (non-hydrogen) atoms. The summed E-state index contributed by atoms with van der Waals surface area (Å²) in [5, 5.41) is 6.55. The second kappa shape index (κ2) is 9.88. The molecule has 6 nitrogen and oxygen atoms in total. The highest BCUT2D eigenvalue weighted by molar-refractivity contribution is 7.99. The third kappa shape index (κ3) is 6.31. The maximum atomic E-state index is 12.7. The third-order valence-corrected chi connectivity index (χ3v) is 4.60. The van der Waals surface area contributed by atoms with Gasteiger partial charge >= 0.3 is 6.18 Å². The number of hydrogen-bond donors (Lipinski definition) is 2. The SMILES string of the molecule is N=N/C(=C\Nc1ccc(Oc2ccccc2)cc1)CSc1ccnc(C(F)(F)F)n1. The number of nitrogens with zero attached hydrogens (tertiary/aromatic N) is 3. The van der Waals surface area contributed by atoms with E-state index in [0.717, 1.165) is 29.4 Å². The number of rotatable bonds is 8. The van der Waals surface area contributed by atoms with Crippen molar-refractivity contribution < 1.29 is 17.9 Å². The quantitative estimate of drug-likeness (QED) is 0.246. The first kappa shape index (κ1) is 21.3. The molecule has 0 unspecified atom stereocenters. The average molecular weight is 431 g/mol. The predicted molar refractivity (Wildman–Crippen MR) is 108 cm³/mol. The summed E-state index contributed by atoms with van der Waals surface area (Å²) < 4.78 is 43.8. The van der Waals surface area contributed by atoms with Crippen LogP contribution in [-0.4, -0.2) is 15.7 Å². The van der Waals surface area contributed by atoms with E-state index in [0.29, 0.717) is 11.4 Å². The average Bonchev–Trinajstić information content (AvgIpc) is 2.75. The van der Waals surface area contributed by atoms with Gasteiger partial charge in [-0.25, -0.2) is 15.5 Å². The molecule has 0 fully saturated rings. The van der Waals surface area contributed by atoms with Gasteiger partial charge < -0.3 is 10.1 Å². The Kier molecular flexibility index (Phi) is 7.02. The van der Waals surface area contributed by atoms with Crippen molar-refractivity contribution in [3.05, 3.63) is 84.6 Å². The lowest BCUT2D eigenvalue weighted by Crippen LogP contribution is -2.10. The Morgan fingerprint density at radius 3 is 2.43 bits per heavy atom. The summed E-state index contributed by atoms with van der Waals surface area (Å²) in [6.45, 7) is 0. The largest absolute Gasteiger partial charge is 0.457 e. The van der Waals surface area contributed by atoms with Gasteiger partial charge in [0, 0.05) is 23.8 Å². The van der Waals surface area contributed by atoms with Gasteiger partial charge in [-0.05, 0) is 42.5 Å². The maximum Gasteiger partial charge on any atom is 0.451 e. The molecule has 0 radical (unpaired) electrons. The number of anilines is 1. The zero-order valence-electron chi connectivity index (χ0n) is 15.4. The van der Waals surface area contributed by atoms with Gasteiger partial charge in [0.1, 0.15) is 16.5 Å². The number of hydrogen-bond acceptors (Lipinski definition) is 7.